The molecule has 1 aliphatic heterocycles. The maximum Gasteiger partial charge on any atom is 0.246 e. The molecule has 1 aliphatic rings. The number of ether oxygens (including phenoxy) is 1. The van der Waals surface area contributed by atoms with Gasteiger partial charge < -0.3 is 4.74 Å². The van der Waals surface area contributed by atoms with Crippen LogP contribution in [-0.4, -0.2) is 43.9 Å². The molecule has 0 unspecified atom stereocenters. The van der Waals surface area contributed by atoms with Crippen LogP contribution in [-0.2, 0) is 10.0 Å². The van der Waals surface area contributed by atoms with E-state index in [1.807, 2.05) is 6.92 Å². The van der Waals surface area contributed by atoms with Gasteiger partial charge in [0.1, 0.15) is 10.6 Å². The van der Waals surface area contributed by atoms with Gasteiger partial charge in [-0.25, -0.2) is 8.42 Å². The second-order valence-electron chi connectivity index (χ2n) is 4.04. The van der Waals surface area contributed by atoms with Crippen molar-refractivity contribution in [3.8, 4) is 5.75 Å². The topological polar surface area (TPSA) is 46.6 Å². The van der Waals surface area contributed by atoms with Crippen molar-refractivity contribution >= 4 is 37.7 Å². The van der Waals surface area contributed by atoms with Gasteiger partial charge in [0.15, 0.2) is 0 Å². The van der Waals surface area contributed by atoms with E-state index in [2.05, 4.69) is 15.9 Å². The summed E-state index contributed by atoms with van der Waals surface area (Å²) in [5.41, 5.74) is 0. The Morgan fingerprint density at radius 3 is 2.68 bits per heavy atom. The maximum absolute atomic E-state index is 12.7. The lowest BCUT2D eigenvalue weighted by Gasteiger charge is -2.26. The highest BCUT2D eigenvalue weighted by molar-refractivity contribution is 9.10. The van der Waals surface area contributed by atoms with E-state index < -0.39 is 10.0 Å². The van der Waals surface area contributed by atoms with E-state index in [1.54, 1.807) is 30.0 Å². The van der Waals surface area contributed by atoms with Gasteiger partial charge in [-0.3, -0.25) is 0 Å². The highest BCUT2D eigenvalue weighted by atomic mass is 79.9. The second kappa shape index (κ2) is 6.47. The number of benzene rings is 1. The Bertz CT molecular complexity index is 542. The molecule has 0 amide bonds. The van der Waals surface area contributed by atoms with Gasteiger partial charge in [-0.2, -0.15) is 16.1 Å². The Hall–Kier alpha value is -0.240. The monoisotopic (exact) mass is 365 g/mol. The molecule has 0 N–H and O–H groups in total. The van der Waals surface area contributed by atoms with E-state index in [1.165, 1.54) is 4.31 Å². The van der Waals surface area contributed by atoms with Crippen LogP contribution in [0.1, 0.15) is 6.92 Å². The van der Waals surface area contributed by atoms with Crippen molar-refractivity contribution in [2.45, 2.75) is 11.8 Å². The molecule has 1 heterocycles. The van der Waals surface area contributed by atoms with Gasteiger partial charge in [0, 0.05) is 29.1 Å². The van der Waals surface area contributed by atoms with Crippen molar-refractivity contribution in [2.24, 2.45) is 0 Å². The molecule has 2 rings (SSSR count). The van der Waals surface area contributed by atoms with Gasteiger partial charge >= 0.3 is 0 Å². The molecule has 0 saturated carbocycles. The highest BCUT2D eigenvalue weighted by Crippen LogP contribution is 2.31. The summed E-state index contributed by atoms with van der Waals surface area (Å²) < 4.78 is 33.0. The van der Waals surface area contributed by atoms with Gasteiger partial charge in [0.05, 0.1) is 6.61 Å². The molecular formula is C12H16BrNO3S2. The van der Waals surface area contributed by atoms with Crippen LogP contribution in [0, 0.1) is 0 Å². The number of sulfonamides is 1. The number of hydrogen-bond acceptors (Lipinski definition) is 4. The van der Waals surface area contributed by atoms with Crippen LogP contribution in [0.15, 0.2) is 27.6 Å². The van der Waals surface area contributed by atoms with E-state index >= 15 is 0 Å². The van der Waals surface area contributed by atoms with Crippen molar-refractivity contribution in [3.05, 3.63) is 22.7 Å². The molecule has 0 atom stereocenters. The first-order valence-electron chi connectivity index (χ1n) is 6.06. The minimum absolute atomic E-state index is 0.246. The van der Waals surface area contributed by atoms with Gasteiger partial charge in [0.2, 0.25) is 10.0 Å². The molecule has 0 aromatic heterocycles. The average molecular weight is 366 g/mol. The quantitative estimate of drug-likeness (QED) is 0.822. The third-order valence-electron chi connectivity index (χ3n) is 2.79. The van der Waals surface area contributed by atoms with Crippen LogP contribution in [0.5, 0.6) is 5.75 Å². The van der Waals surface area contributed by atoms with E-state index in [-0.39, 0.29) is 4.90 Å². The Morgan fingerprint density at radius 2 is 2.05 bits per heavy atom. The fourth-order valence-corrected chi connectivity index (χ4v) is 5.13. The summed E-state index contributed by atoms with van der Waals surface area (Å²) in [6, 6.07) is 5.09. The minimum Gasteiger partial charge on any atom is -0.492 e. The summed E-state index contributed by atoms with van der Waals surface area (Å²) >= 11 is 5.10. The molecule has 1 aromatic carbocycles. The fraction of sp³-hybridized carbons (Fsp3) is 0.500. The maximum atomic E-state index is 12.7. The number of halogens is 1. The molecular weight excluding hydrogens is 350 g/mol. The summed E-state index contributed by atoms with van der Waals surface area (Å²) in [6.07, 6.45) is 0. The van der Waals surface area contributed by atoms with Crippen molar-refractivity contribution in [3.63, 3.8) is 0 Å². The highest BCUT2D eigenvalue weighted by Gasteiger charge is 2.29. The third kappa shape index (κ3) is 3.45. The van der Waals surface area contributed by atoms with Gasteiger partial charge in [-0.05, 0) is 25.1 Å². The molecule has 0 radical (unpaired) electrons. The molecule has 1 fully saturated rings. The van der Waals surface area contributed by atoms with Gasteiger partial charge in [-0.15, -0.1) is 0 Å². The minimum atomic E-state index is -3.47. The van der Waals surface area contributed by atoms with Crippen LogP contribution in [0.4, 0.5) is 0 Å². The Kier molecular flexibility index (Phi) is 5.16. The second-order valence-corrected chi connectivity index (χ2v) is 8.09. The molecule has 1 aromatic rings. The van der Waals surface area contributed by atoms with Crippen LogP contribution >= 0.6 is 27.7 Å². The first-order valence-corrected chi connectivity index (χ1v) is 9.44. The molecule has 0 aliphatic carbocycles. The standard InChI is InChI=1S/C12H16BrNO3S2/c1-2-17-11-4-3-10(13)9-12(11)19(15,16)14-5-7-18-8-6-14/h3-4,9H,2,5-8H2,1H3. The van der Waals surface area contributed by atoms with Crippen molar-refractivity contribution < 1.29 is 13.2 Å². The van der Waals surface area contributed by atoms with Gasteiger partial charge in [-0.1, -0.05) is 15.9 Å². The molecule has 0 spiro atoms. The zero-order valence-corrected chi connectivity index (χ0v) is 13.9. The van der Waals surface area contributed by atoms with Crippen molar-refractivity contribution in [1.29, 1.82) is 0 Å². The predicted molar refractivity (Wildman–Crippen MR) is 81.4 cm³/mol. The Morgan fingerprint density at radius 1 is 1.37 bits per heavy atom. The predicted octanol–water partition coefficient (Wildman–Crippen LogP) is 2.59. The summed E-state index contributed by atoms with van der Waals surface area (Å²) in [5, 5.41) is 0. The summed E-state index contributed by atoms with van der Waals surface area (Å²) in [5.74, 6) is 2.11. The van der Waals surface area contributed by atoms with E-state index in [0.29, 0.717) is 25.4 Å². The first-order chi connectivity index (χ1) is 9.05. The lowest BCUT2D eigenvalue weighted by molar-refractivity contribution is 0.329. The van der Waals surface area contributed by atoms with E-state index in [9.17, 15) is 8.42 Å². The number of nitrogens with zero attached hydrogens (tertiary/aromatic N) is 1. The fourth-order valence-electron chi connectivity index (χ4n) is 1.88. The molecule has 1 saturated heterocycles. The number of rotatable bonds is 4. The normalized spacial score (nSPS) is 17.4. The van der Waals surface area contributed by atoms with Crippen LogP contribution in [0.3, 0.4) is 0 Å². The first kappa shape index (κ1) is 15.2. The van der Waals surface area contributed by atoms with Crippen LogP contribution in [0.2, 0.25) is 0 Å². The average Bonchev–Trinajstić information content (AvgIpc) is 2.42. The zero-order valence-electron chi connectivity index (χ0n) is 10.6. The Labute approximate surface area is 126 Å². The van der Waals surface area contributed by atoms with Crippen LogP contribution in [0.25, 0.3) is 0 Å². The molecule has 4 nitrogen and oxygen atoms in total. The lowest BCUT2D eigenvalue weighted by Crippen LogP contribution is -2.38. The van der Waals surface area contributed by atoms with E-state index in [0.717, 1.165) is 16.0 Å². The largest absolute Gasteiger partial charge is 0.492 e. The summed E-state index contributed by atoms with van der Waals surface area (Å²) in [6.45, 7) is 3.41. The Balaban J connectivity index is 2.40. The third-order valence-corrected chi connectivity index (χ3v) is 6.15. The summed E-state index contributed by atoms with van der Waals surface area (Å²) in [7, 11) is -3.47. The van der Waals surface area contributed by atoms with Gasteiger partial charge in [0.25, 0.3) is 0 Å². The molecule has 7 heteroatoms. The number of thioether (sulfide) groups is 1. The van der Waals surface area contributed by atoms with E-state index in [4.69, 9.17) is 4.74 Å². The summed E-state index contributed by atoms with van der Waals surface area (Å²) in [4.78, 5) is 0.246. The zero-order chi connectivity index (χ0) is 13.9. The lowest BCUT2D eigenvalue weighted by atomic mass is 10.3. The van der Waals surface area contributed by atoms with Crippen molar-refractivity contribution in [1.82, 2.24) is 4.31 Å². The van der Waals surface area contributed by atoms with Crippen LogP contribution < -0.4 is 4.74 Å². The molecule has 0 bridgehead atoms. The number of hydrogen-bond donors (Lipinski definition) is 0. The van der Waals surface area contributed by atoms with Crippen molar-refractivity contribution in [2.75, 3.05) is 31.2 Å². The molecule has 106 valence electrons. The smallest absolute Gasteiger partial charge is 0.246 e. The SMILES string of the molecule is CCOc1ccc(Br)cc1S(=O)(=O)N1CCSCC1. The molecule has 19 heavy (non-hydrogen) atoms.